The lowest BCUT2D eigenvalue weighted by atomic mass is 9.99. The lowest BCUT2D eigenvalue weighted by Gasteiger charge is -2.22. The van der Waals surface area contributed by atoms with E-state index in [1.807, 2.05) is 13.8 Å². The first kappa shape index (κ1) is 13.0. The van der Waals surface area contributed by atoms with Crippen molar-refractivity contribution < 1.29 is 14.7 Å². The van der Waals surface area contributed by atoms with Crippen molar-refractivity contribution in [1.29, 1.82) is 0 Å². The number of aliphatic carboxylic acids is 1. The highest BCUT2D eigenvalue weighted by atomic mass is 16.4. The molecule has 0 radical (unpaired) electrons. The molecule has 16 heavy (non-hydrogen) atoms. The lowest BCUT2D eigenvalue weighted by Crippen LogP contribution is -2.50. The fourth-order valence-corrected chi connectivity index (χ4v) is 1.85. The maximum absolute atomic E-state index is 11.7. The number of carbonyl (C=O) groups is 2. The second-order valence-electron chi connectivity index (χ2n) is 4.36. The van der Waals surface area contributed by atoms with Gasteiger partial charge in [0.25, 0.3) is 0 Å². The second-order valence-corrected chi connectivity index (χ2v) is 4.36. The van der Waals surface area contributed by atoms with Crippen LogP contribution in [0.15, 0.2) is 0 Å². The number of amides is 1. The zero-order chi connectivity index (χ0) is 12.1. The SMILES string of the molecule is CCC(C)[C@H](NC(=O)[C@@H]1CCCN1)C(=O)O. The average molecular weight is 228 g/mol. The van der Waals surface area contributed by atoms with Crippen molar-refractivity contribution in [2.45, 2.75) is 45.2 Å². The fourth-order valence-electron chi connectivity index (χ4n) is 1.85. The molecule has 0 bridgehead atoms. The number of hydrogen-bond acceptors (Lipinski definition) is 3. The van der Waals surface area contributed by atoms with Crippen molar-refractivity contribution in [3.63, 3.8) is 0 Å². The van der Waals surface area contributed by atoms with E-state index in [0.29, 0.717) is 0 Å². The highest BCUT2D eigenvalue weighted by Gasteiger charge is 2.29. The van der Waals surface area contributed by atoms with Gasteiger partial charge in [-0.05, 0) is 25.3 Å². The van der Waals surface area contributed by atoms with E-state index in [4.69, 9.17) is 5.11 Å². The Hall–Kier alpha value is -1.10. The predicted molar refractivity (Wildman–Crippen MR) is 60.0 cm³/mol. The van der Waals surface area contributed by atoms with Gasteiger partial charge in [-0.1, -0.05) is 20.3 Å². The molecule has 5 heteroatoms. The van der Waals surface area contributed by atoms with Gasteiger partial charge in [-0.15, -0.1) is 0 Å². The minimum atomic E-state index is -0.958. The summed E-state index contributed by atoms with van der Waals surface area (Å²) in [6.45, 7) is 4.58. The van der Waals surface area contributed by atoms with Crippen LogP contribution in [0, 0.1) is 5.92 Å². The van der Waals surface area contributed by atoms with E-state index < -0.39 is 12.0 Å². The minimum absolute atomic E-state index is 0.0529. The summed E-state index contributed by atoms with van der Waals surface area (Å²) in [5.74, 6) is -1.20. The Morgan fingerprint density at radius 2 is 2.25 bits per heavy atom. The van der Waals surface area contributed by atoms with Gasteiger partial charge in [0.1, 0.15) is 6.04 Å². The van der Waals surface area contributed by atoms with Gasteiger partial charge in [0, 0.05) is 0 Å². The van der Waals surface area contributed by atoms with E-state index in [0.717, 1.165) is 25.8 Å². The molecule has 1 heterocycles. The standard InChI is InChI=1S/C11H20N2O3/c1-3-7(2)9(11(15)16)13-10(14)8-5-4-6-12-8/h7-9,12H,3-6H2,1-2H3,(H,13,14)(H,15,16)/t7?,8-,9-/m0/s1. The Kier molecular flexibility index (Phi) is 4.73. The zero-order valence-electron chi connectivity index (χ0n) is 9.82. The zero-order valence-corrected chi connectivity index (χ0v) is 9.82. The molecule has 1 fully saturated rings. The molecule has 92 valence electrons. The summed E-state index contributed by atoms with van der Waals surface area (Å²) < 4.78 is 0. The van der Waals surface area contributed by atoms with Crippen LogP contribution in [0.2, 0.25) is 0 Å². The first-order chi connectivity index (χ1) is 7.56. The summed E-state index contributed by atoms with van der Waals surface area (Å²) in [6, 6.07) is -0.995. The molecule has 1 amide bonds. The minimum Gasteiger partial charge on any atom is -0.480 e. The number of carbonyl (C=O) groups excluding carboxylic acids is 1. The molecule has 5 nitrogen and oxygen atoms in total. The Bertz CT molecular complexity index is 262. The maximum Gasteiger partial charge on any atom is 0.326 e. The van der Waals surface area contributed by atoms with Gasteiger partial charge < -0.3 is 15.7 Å². The van der Waals surface area contributed by atoms with Crippen LogP contribution in [0.3, 0.4) is 0 Å². The van der Waals surface area contributed by atoms with Gasteiger partial charge in [-0.3, -0.25) is 4.79 Å². The van der Waals surface area contributed by atoms with Gasteiger partial charge >= 0.3 is 5.97 Å². The van der Waals surface area contributed by atoms with Gasteiger partial charge in [0.2, 0.25) is 5.91 Å². The van der Waals surface area contributed by atoms with Crippen molar-refractivity contribution in [2.75, 3.05) is 6.54 Å². The molecular formula is C11H20N2O3. The molecule has 3 N–H and O–H groups in total. The largest absolute Gasteiger partial charge is 0.480 e. The van der Waals surface area contributed by atoms with Crippen LogP contribution in [-0.4, -0.2) is 35.6 Å². The van der Waals surface area contributed by atoms with E-state index in [9.17, 15) is 9.59 Å². The first-order valence-electron chi connectivity index (χ1n) is 5.82. The summed E-state index contributed by atoms with van der Waals surface area (Å²) >= 11 is 0. The topological polar surface area (TPSA) is 78.4 Å². The lowest BCUT2D eigenvalue weighted by molar-refractivity contribution is -0.143. The Balaban J connectivity index is 2.53. The molecule has 1 rings (SSSR count). The molecule has 0 aromatic heterocycles. The Labute approximate surface area is 95.6 Å². The van der Waals surface area contributed by atoms with Crippen LogP contribution in [0.5, 0.6) is 0 Å². The molecule has 1 aliphatic rings. The maximum atomic E-state index is 11.7. The third-order valence-electron chi connectivity index (χ3n) is 3.15. The van der Waals surface area contributed by atoms with Crippen LogP contribution in [-0.2, 0) is 9.59 Å². The molecule has 0 aromatic carbocycles. The van der Waals surface area contributed by atoms with E-state index in [1.54, 1.807) is 0 Å². The quantitative estimate of drug-likeness (QED) is 0.634. The van der Waals surface area contributed by atoms with E-state index in [2.05, 4.69) is 10.6 Å². The number of hydrogen-bond donors (Lipinski definition) is 3. The van der Waals surface area contributed by atoms with Crippen molar-refractivity contribution in [3.05, 3.63) is 0 Å². The average Bonchev–Trinajstić information content (AvgIpc) is 2.77. The number of nitrogens with one attached hydrogen (secondary N) is 2. The number of rotatable bonds is 5. The molecular weight excluding hydrogens is 208 g/mol. The highest BCUT2D eigenvalue weighted by Crippen LogP contribution is 2.10. The molecule has 3 atom stereocenters. The smallest absolute Gasteiger partial charge is 0.326 e. The van der Waals surface area contributed by atoms with E-state index >= 15 is 0 Å². The summed E-state index contributed by atoms with van der Waals surface area (Å²) in [7, 11) is 0. The van der Waals surface area contributed by atoms with Gasteiger partial charge in [0.05, 0.1) is 6.04 Å². The molecule has 0 aromatic rings. The summed E-state index contributed by atoms with van der Waals surface area (Å²) in [4.78, 5) is 22.8. The summed E-state index contributed by atoms with van der Waals surface area (Å²) in [5, 5.41) is 14.7. The van der Waals surface area contributed by atoms with Crippen molar-refractivity contribution in [2.24, 2.45) is 5.92 Å². The molecule has 0 saturated carbocycles. The van der Waals surface area contributed by atoms with Gasteiger partial charge in [-0.25, -0.2) is 4.79 Å². The van der Waals surface area contributed by atoms with Gasteiger partial charge in [-0.2, -0.15) is 0 Å². The third-order valence-corrected chi connectivity index (χ3v) is 3.15. The highest BCUT2D eigenvalue weighted by molar-refractivity contribution is 5.87. The third kappa shape index (κ3) is 3.20. The van der Waals surface area contributed by atoms with Crippen LogP contribution >= 0.6 is 0 Å². The van der Waals surface area contributed by atoms with Gasteiger partial charge in [0.15, 0.2) is 0 Å². The molecule has 0 spiro atoms. The molecule has 1 saturated heterocycles. The van der Waals surface area contributed by atoms with E-state index in [-0.39, 0.29) is 17.9 Å². The Morgan fingerprint density at radius 1 is 1.56 bits per heavy atom. The fraction of sp³-hybridized carbons (Fsp3) is 0.818. The van der Waals surface area contributed by atoms with Crippen LogP contribution in [0.4, 0.5) is 0 Å². The molecule has 1 unspecified atom stereocenters. The molecule has 0 aliphatic carbocycles. The van der Waals surface area contributed by atoms with Crippen LogP contribution in [0.25, 0.3) is 0 Å². The van der Waals surface area contributed by atoms with Crippen molar-refractivity contribution >= 4 is 11.9 Å². The van der Waals surface area contributed by atoms with Crippen LogP contribution in [0.1, 0.15) is 33.1 Å². The van der Waals surface area contributed by atoms with E-state index in [1.165, 1.54) is 0 Å². The Morgan fingerprint density at radius 3 is 2.69 bits per heavy atom. The number of carboxylic acid groups (broad SMARTS) is 1. The monoisotopic (exact) mass is 228 g/mol. The summed E-state index contributed by atoms with van der Waals surface area (Å²) in [5.41, 5.74) is 0. The number of carboxylic acids is 1. The van der Waals surface area contributed by atoms with Crippen LogP contribution < -0.4 is 10.6 Å². The second kappa shape index (κ2) is 5.84. The van der Waals surface area contributed by atoms with Crippen molar-refractivity contribution in [1.82, 2.24) is 10.6 Å². The summed E-state index contributed by atoms with van der Waals surface area (Å²) in [6.07, 6.45) is 2.49. The molecule has 1 aliphatic heterocycles. The van der Waals surface area contributed by atoms with Crippen molar-refractivity contribution in [3.8, 4) is 0 Å². The normalized spacial score (nSPS) is 23.8. The predicted octanol–water partition coefficient (Wildman–Crippen LogP) is 0.354. The first-order valence-corrected chi connectivity index (χ1v) is 5.82.